The fourth-order valence-electron chi connectivity index (χ4n) is 3.26. The second kappa shape index (κ2) is 5.26. The Morgan fingerprint density at radius 1 is 1.23 bits per heavy atom. The third-order valence-electron chi connectivity index (χ3n) is 4.82. The molecule has 22 heavy (non-hydrogen) atoms. The Bertz CT molecular complexity index is 621. The van der Waals surface area contributed by atoms with Gasteiger partial charge in [0, 0.05) is 12.3 Å². The maximum absolute atomic E-state index is 12.5. The molecule has 118 valence electrons. The van der Waals surface area contributed by atoms with E-state index in [1.807, 2.05) is 0 Å². The number of amides is 2. The molecule has 2 amide bonds. The van der Waals surface area contributed by atoms with Crippen molar-refractivity contribution in [2.24, 2.45) is 5.92 Å². The average Bonchev–Trinajstić information content (AvgIpc) is 3.39. The molecule has 0 spiro atoms. The van der Waals surface area contributed by atoms with Gasteiger partial charge in [-0.25, -0.2) is 0 Å². The molecule has 3 fully saturated rings. The van der Waals surface area contributed by atoms with E-state index in [4.69, 9.17) is 11.6 Å². The summed E-state index contributed by atoms with van der Waals surface area (Å²) in [6.07, 6.45) is 5.56. The van der Waals surface area contributed by atoms with Crippen LogP contribution in [0.15, 0.2) is 0 Å². The number of carbonyl (C=O) groups is 2. The molecule has 3 aliphatic rings. The summed E-state index contributed by atoms with van der Waals surface area (Å²) in [6, 6.07) is 0.0145. The van der Waals surface area contributed by atoms with E-state index in [0.29, 0.717) is 29.7 Å². The third kappa shape index (κ3) is 2.60. The SMILES string of the molecule is O=C1CC[C@@H](NC(=O)c2n[nH]c(C3CC3)c2Cl)[C@H](C2CC2)N1. The largest absolute Gasteiger partial charge is 0.351 e. The minimum atomic E-state index is -0.250. The van der Waals surface area contributed by atoms with Gasteiger partial charge in [0.1, 0.15) is 0 Å². The Kier molecular flexibility index (Phi) is 3.36. The van der Waals surface area contributed by atoms with Crippen LogP contribution in [0.3, 0.4) is 0 Å². The van der Waals surface area contributed by atoms with Gasteiger partial charge in [0.25, 0.3) is 5.91 Å². The number of rotatable bonds is 4. The number of hydrogen-bond acceptors (Lipinski definition) is 3. The Labute approximate surface area is 133 Å². The van der Waals surface area contributed by atoms with Crippen LogP contribution in [-0.2, 0) is 4.79 Å². The molecule has 2 saturated carbocycles. The van der Waals surface area contributed by atoms with Crippen LogP contribution in [0.4, 0.5) is 0 Å². The van der Waals surface area contributed by atoms with E-state index in [1.165, 1.54) is 0 Å². The molecule has 1 aromatic rings. The maximum Gasteiger partial charge on any atom is 0.273 e. The van der Waals surface area contributed by atoms with Crippen LogP contribution in [-0.4, -0.2) is 34.1 Å². The summed E-state index contributed by atoms with van der Waals surface area (Å²) in [5, 5.41) is 13.5. The highest BCUT2D eigenvalue weighted by Crippen LogP contribution is 2.43. The van der Waals surface area contributed by atoms with E-state index >= 15 is 0 Å². The fourth-order valence-corrected chi connectivity index (χ4v) is 3.58. The van der Waals surface area contributed by atoms with Crippen molar-refractivity contribution in [3.63, 3.8) is 0 Å². The van der Waals surface area contributed by atoms with Crippen LogP contribution in [0.5, 0.6) is 0 Å². The summed E-state index contributed by atoms with van der Waals surface area (Å²) in [4.78, 5) is 24.1. The van der Waals surface area contributed by atoms with Crippen molar-refractivity contribution in [1.29, 1.82) is 0 Å². The van der Waals surface area contributed by atoms with Crippen molar-refractivity contribution < 1.29 is 9.59 Å². The minimum absolute atomic E-state index is 0.0326. The summed E-state index contributed by atoms with van der Waals surface area (Å²) in [6.45, 7) is 0. The van der Waals surface area contributed by atoms with E-state index in [9.17, 15) is 9.59 Å². The van der Waals surface area contributed by atoms with Gasteiger partial charge >= 0.3 is 0 Å². The number of piperidine rings is 1. The van der Waals surface area contributed by atoms with E-state index in [2.05, 4.69) is 20.8 Å². The monoisotopic (exact) mass is 322 g/mol. The molecule has 1 saturated heterocycles. The van der Waals surface area contributed by atoms with Crippen LogP contribution in [0, 0.1) is 5.92 Å². The molecule has 1 aliphatic heterocycles. The standard InChI is InChI=1S/C15H19ClN4O2/c16-11-13(8-3-4-8)19-20-14(11)15(22)17-9-5-6-10(21)18-12(9)7-1-2-7/h7-9,12H,1-6H2,(H,17,22)(H,18,21)(H,19,20)/t9-,12+/m1/s1. The van der Waals surface area contributed by atoms with Gasteiger partial charge in [0.05, 0.1) is 22.8 Å². The molecule has 0 aromatic carbocycles. The first kappa shape index (κ1) is 14.1. The van der Waals surface area contributed by atoms with Crippen LogP contribution in [0.1, 0.15) is 60.6 Å². The molecule has 0 bridgehead atoms. The Balaban J connectivity index is 1.47. The van der Waals surface area contributed by atoms with Gasteiger partial charge in [0.15, 0.2) is 5.69 Å². The Hall–Kier alpha value is -1.56. The number of H-pyrrole nitrogens is 1. The number of halogens is 1. The number of nitrogens with zero attached hydrogens (tertiary/aromatic N) is 1. The van der Waals surface area contributed by atoms with Gasteiger partial charge in [-0.1, -0.05) is 11.6 Å². The molecular weight excluding hydrogens is 304 g/mol. The first-order valence-corrected chi connectivity index (χ1v) is 8.35. The van der Waals surface area contributed by atoms with Crippen molar-refractivity contribution in [3.05, 3.63) is 16.4 Å². The molecule has 2 heterocycles. The second-order valence-electron chi connectivity index (χ2n) is 6.62. The van der Waals surface area contributed by atoms with E-state index < -0.39 is 0 Å². The summed E-state index contributed by atoms with van der Waals surface area (Å²) in [7, 11) is 0. The van der Waals surface area contributed by atoms with Crippen LogP contribution < -0.4 is 10.6 Å². The van der Waals surface area contributed by atoms with E-state index in [-0.39, 0.29) is 29.6 Å². The predicted octanol–water partition coefficient (Wildman–Crippen LogP) is 1.73. The van der Waals surface area contributed by atoms with Crippen molar-refractivity contribution in [3.8, 4) is 0 Å². The summed E-state index contributed by atoms with van der Waals surface area (Å²) >= 11 is 6.28. The highest BCUT2D eigenvalue weighted by atomic mass is 35.5. The molecule has 0 unspecified atom stereocenters. The number of carbonyl (C=O) groups excluding carboxylic acids is 2. The van der Waals surface area contributed by atoms with E-state index in [1.54, 1.807) is 0 Å². The molecule has 3 N–H and O–H groups in total. The second-order valence-corrected chi connectivity index (χ2v) is 7.00. The fraction of sp³-hybridized carbons (Fsp3) is 0.667. The molecule has 4 rings (SSSR count). The van der Waals surface area contributed by atoms with Crippen molar-refractivity contribution in [2.45, 2.75) is 56.5 Å². The molecular formula is C15H19ClN4O2. The lowest BCUT2D eigenvalue weighted by atomic mass is 9.94. The quantitative estimate of drug-likeness (QED) is 0.789. The van der Waals surface area contributed by atoms with Gasteiger partial charge in [-0.3, -0.25) is 14.7 Å². The molecule has 2 atom stereocenters. The summed E-state index contributed by atoms with van der Waals surface area (Å²) in [5.74, 6) is 0.747. The van der Waals surface area contributed by atoms with Crippen molar-refractivity contribution >= 4 is 23.4 Å². The van der Waals surface area contributed by atoms with Gasteiger partial charge in [-0.2, -0.15) is 5.10 Å². The molecule has 7 heteroatoms. The Morgan fingerprint density at radius 3 is 2.68 bits per heavy atom. The predicted molar refractivity (Wildman–Crippen MR) is 80.7 cm³/mol. The first-order chi connectivity index (χ1) is 10.6. The lowest BCUT2D eigenvalue weighted by molar-refractivity contribution is -0.124. The van der Waals surface area contributed by atoms with Crippen molar-refractivity contribution in [1.82, 2.24) is 20.8 Å². The Morgan fingerprint density at radius 2 is 2.00 bits per heavy atom. The van der Waals surface area contributed by atoms with E-state index in [0.717, 1.165) is 31.4 Å². The van der Waals surface area contributed by atoms with Gasteiger partial charge < -0.3 is 10.6 Å². The third-order valence-corrected chi connectivity index (χ3v) is 5.21. The highest BCUT2D eigenvalue weighted by molar-refractivity contribution is 6.34. The summed E-state index contributed by atoms with van der Waals surface area (Å²) < 4.78 is 0. The zero-order valence-electron chi connectivity index (χ0n) is 12.2. The lowest BCUT2D eigenvalue weighted by Gasteiger charge is -2.32. The highest BCUT2D eigenvalue weighted by Gasteiger charge is 2.41. The normalized spacial score (nSPS) is 28.3. The molecule has 2 aliphatic carbocycles. The zero-order valence-corrected chi connectivity index (χ0v) is 12.9. The van der Waals surface area contributed by atoms with Gasteiger partial charge in [0.2, 0.25) is 5.91 Å². The van der Waals surface area contributed by atoms with Crippen LogP contribution in [0.2, 0.25) is 5.02 Å². The number of aromatic nitrogens is 2. The topological polar surface area (TPSA) is 86.9 Å². The minimum Gasteiger partial charge on any atom is -0.351 e. The molecule has 0 radical (unpaired) electrons. The van der Waals surface area contributed by atoms with Crippen molar-refractivity contribution in [2.75, 3.05) is 0 Å². The van der Waals surface area contributed by atoms with Gasteiger partial charge in [-0.15, -0.1) is 0 Å². The first-order valence-electron chi connectivity index (χ1n) is 7.97. The average molecular weight is 323 g/mol. The smallest absolute Gasteiger partial charge is 0.273 e. The summed E-state index contributed by atoms with van der Waals surface area (Å²) in [5.41, 5.74) is 1.15. The number of nitrogens with one attached hydrogen (secondary N) is 3. The number of hydrogen-bond donors (Lipinski definition) is 3. The zero-order chi connectivity index (χ0) is 15.3. The van der Waals surface area contributed by atoms with Gasteiger partial charge in [-0.05, 0) is 38.0 Å². The molecule has 6 nitrogen and oxygen atoms in total. The lowest BCUT2D eigenvalue weighted by Crippen LogP contribution is -2.56. The van der Waals surface area contributed by atoms with Crippen LogP contribution >= 0.6 is 11.6 Å². The number of aromatic amines is 1. The molecule has 1 aromatic heterocycles. The van der Waals surface area contributed by atoms with Crippen LogP contribution in [0.25, 0.3) is 0 Å². The maximum atomic E-state index is 12.5.